The van der Waals surface area contributed by atoms with Gasteiger partial charge in [-0.1, -0.05) is 33.8 Å². The first-order chi connectivity index (χ1) is 9.05. The summed E-state index contributed by atoms with van der Waals surface area (Å²) in [5.41, 5.74) is 1.05. The molecular formula is C15H27NO3. The van der Waals surface area contributed by atoms with Gasteiger partial charge in [0.1, 0.15) is 5.76 Å². The minimum absolute atomic E-state index is 0.0946. The first-order valence-corrected chi connectivity index (χ1v) is 6.54. The lowest BCUT2D eigenvalue weighted by Crippen LogP contribution is -1.94. The smallest absolute Gasteiger partial charge is 0.305 e. The van der Waals surface area contributed by atoms with E-state index in [2.05, 4.69) is 4.74 Å². The molecule has 0 saturated carbocycles. The molecule has 0 saturated heterocycles. The van der Waals surface area contributed by atoms with Crippen molar-refractivity contribution in [1.29, 1.82) is 5.26 Å². The molecule has 110 valence electrons. The molecule has 0 heterocycles. The second-order valence-electron chi connectivity index (χ2n) is 3.12. The van der Waals surface area contributed by atoms with Gasteiger partial charge in [0.25, 0.3) is 0 Å². The molecule has 4 nitrogen and oxygen atoms in total. The molecule has 0 amide bonds. The number of ether oxygens (including phenoxy) is 1. The first-order valence-electron chi connectivity index (χ1n) is 6.54. The molecule has 0 fully saturated rings. The van der Waals surface area contributed by atoms with E-state index < -0.39 is 0 Å². The minimum Gasteiger partial charge on any atom is -0.511 e. The summed E-state index contributed by atoms with van der Waals surface area (Å²) in [6, 6.07) is 1.88. The largest absolute Gasteiger partial charge is 0.511 e. The van der Waals surface area contributed by atoms with E-state index in [1.807, 2.05) is 39.8 Å². The van der Waals surface area contributed by atoms with Crippen molar-refractivity contribution in [2.24, 2.45) is 0 Å². The van der Waals surface area contributed by atoms with E-state index in [-0.39, 0.29) is 18.1 Å². The molecule has 0 aliphatic rings. The molecule has 4 heteroatoms. The van der Waals surface area contributed by atoms with E-state index in [1.165, 1.54) is 7.11 Å². The summed E-state index contributed by atoms with van der Waals surface area (Å²) < 4.78 is 4.26. The van der Waals surface area contributed by atoms with Crippen molar-refractivity contribution in [2.45, 2.75) is 53.9 Å². The van der Waals surface area contributed by atoms with Crippen LogP contribution in [0.1, 0.15) is 53.9 Å². The van der Waals surface area contributed by atoms with Gasteiger partial charge in [0.2, 0.25) is 0 Å². The Balaban J connectivity index is -0.000000271. The van der Waals surface area contributed by atoms with Gasteiger partial charge in [-0.2, -0.15) is 5.26 Å². The highest BCUT2D eigenvalue weighted by Crippen LogP contribution is 2.06. The summed E-state index contributed by atoms with van der Waals surface area (Å²) in [6.07, 6.45) is 5.01. The lowest BCUT2D eigenvalue weighted by Gasteiger charge is -1.95. The third kappa shape index (κ3) is 18.8. The van der Waals surface area contributed by atoms with Crippen LogP contribution in [0, 0.1) is 11.3 Å². The molecule has 0 unspecified atom stereocenters. The third-order valence-electron chi connectivity index (χ3n) is 1.91. The second-order valence-corrected chi connectivity index (χ2v) is 3.12. The van der Waals surface area contributed by atoms with Crippen LogP contribution in [0.3, 0.4) is 0 Å². The van der Waals surface area contributed by atoms with E-state index in [1.54, 1.807) is 13.0 Å². The van der Waals surface area contributed by atoms with Crippen LogP contribution in [0.15, 0.2) is 23.5 Å². The lowest BCUT2D eigenvalue weighted by molar-refractivity contribution is -0.140. The molecule has 0 aliphatic heterocycles. The number of carbonyl (C=O) groups is 1. The number of hydrogen-bond acceptors (Lipinski definition) is 4. The molecule has 0 radical (unpaired) electrons. The van der Waals surface area contributed by atoms with Gasteiger partial charge >= 0.3 is 5.97 Å². The molecule has 0 aromatic heterocycles. The summed E-state index contributed by atoms with van der Waals surface area (Å²) in [6.45, 7) is 9.67. The zero-order valence-corrected chi connectivity index (χ0v) is 13.0. The Morgan fingerprint density at radius 3 is 2.05 bits per heavy atom. The molecule has 0 atom stereocenters. The molecule has 0 aromatic carbocycles. The molecule has 0 aromatic rings. The highest BCUT2D eigenvalue weighted by molar-refractivity contribution is 5.68. The Morgan fingerprint density at radius 2 is 1.84 bits per heavy atom. The predicted molar refractivity (Wildman–Crippen MR) is 78.6 cm³/mol. The second kappa shape index (κ2) is 18.6. The van der Waals surface area contributed by atoms with Gasteiger partial charge in [-0.3, -0.25) is 4.79 Å². The number of hydrogen-bond donors (Lipinski definition) is 1. The molecule has 0 spiro atoms. The van der Waals surface area contributed by atoms with E-state index in [0.29, 0.717) is 6.42 Å². The van der Waals surface area contributed by atoms with Gasteiger partial charge < -0.3 is 9.84 Å². The quantitative estimate of drug-likeness (QED) is 0.469. The van der Waals surface area contributed by atoms with Crippen molar-refractivity contribution in [3.05, 3.63) is 23.5 Å². The van der Waals surface area contributed by atoms with Crippen molar-refractivity contribution in [3.63, 3.8) is 0 Å². The number of nitrogens with zero attached hydrogens (tertiary/aromatic N) is 1. The molecule has 0 rings (SSSR count). The van der Waals surface area contributed by atoms with Crippen molar-refractivity contribution in [2.75, 3.05) is 7.11 Å². The number of aliphatic hydroxyl groups excluding tert-OH is 1. The number of rotatable bonds is 4. The normalized spacial score (nSPS) is 10.2. The van der Waals surface area contributed by atoms with Crippen molar-refractivity contribution in [1.82, 2.24) is 0 Å². The van der Waals surface area contributed by atoms with E-state index in [4.69, 9.17) is 10.4 Å². The first kappa shape index (κ1) is 22.4. The van der Waals surface area contributed by atoms with E-state index in [9.17, 15) is 4.79 Å². The zero-order chi connectivity index (χ0) is 15.7. The third-order valence-corrected chi connectivity index (χ3v) is 1.91. The Morgan fingerprint density at radius 1 is 1.32 bits per heavy atom. The van der Waals surface area contributed by atoms with Crippen molar-refractivity contribution < 1.29 is 14.6 Å². The van der Waals surface area contributed by atoms with Gasteiger partial charge in [-0.05, 0) is 25.0 Å². The standard InChI is InChI=1S/C9H13NO.C4H8O2.C2H6/c1-3-8(4-2)7-9(11)5-6-10;1-3-4(5)6-2;1-2/h3,7,11H,4-5H2,1-2H3;3H2,1-2H3;1-2H3/b8-3-,9-7+;;. The van der Waals surface area contributed by atoms with Crippen LogP contribution in [0.5, 0.6) is 0 Å². The number of carbonyl (C=O) groups excluding carboxylic acids is 1. The van der Waals surface area contributed by atoms with Crippen molar-refractivity contribution >= 4 is 5.97 Å². The summed E-state index contributed by atoms with van der Waals surface area (Å²) in [5.74, 6) is -0.0162. The summed E-state index contributed by atoms with van der Waals surface area (Å²) >= 11 is 0. The van der Waals surface area contributed by atoms with Gasteiger partial charge in [0.15, 0.2) is 0 Å². The number of aliphatic hydroxyl groups is 1. The van der Waals surface area contributed by atoms with Gasteiger partial charge in [-0.15, -0.1) is 0 Å². The Hall–Kier alpha value is -1.76. The van der Waals surface area contributed by atoms with Crippen LogP contribution >= 0.6 is 0 Å². The highest BCUT2D eigenvalue weighted by atomic mass is 16.5. The van der Waals surface area contributed by atoms with Crippen LogP contribution in [-0.4, -0.2) is 18.2 Å². The average Bonchev–Trinajstić information content (AvgIpc) is 2.46. The molecular weight excluding hydrogens is 242 g/mol. The predicted octanol–water partition coefficient (Wildman–Crippen LogP) is 4.29. The highest BCUT2D eigenvalue weighted by Gasteiger charge is 1.92. The summed E-state index contributed by atoms with van der Waals surface area (Å²) in [4.78, 5) is 9.96. The Bertz CT molecular complexity index is 306. The van der Waals surface area contributed by atoms with Crippen LogP contribution in [0.2, 0.25) is 0 Å². The van der Waals surface area contributed by atoms with Gasteiger partial charge in [-0.25, -0.2) is 0 Å². The van der Waals surface area contributed by atoms with Crippen LogP contribution in [0.25, 0.3) is 0 Å². The fourth-order valence-electron chi connectivity index (χ4n) is 0.880. The summed E-state index contributed by atoms with van der Waals surface area (Å²) in [7, 11) is 1.38. The number of nitriles is 1. The van der Waals surface area contributed by atoms with Crippen molar-refractivity contribution in [3.8, 4) is 6.07 Å². The number of allylic oxidation sites excluding steroid dienone is 4. The fraction of sp³-hybridized carbons (Fsp3) is 0.600. The zero-order valence-electron chi connectivity index (χ0n) is 13.0. The lowest BCUT2D eigenvalue weighted by atomic mass is 10.1. The molecule has 1 N–H and O–H groups in total. The maximum atomic E-state index is 9.96. The minimum atomic E-state index is -0.157. The van der Waals surface area contributed by atoms with E-state index in [0.717, 1.165) is 12.0 Å². The van der Waals surface area contributed by atoms with Gasteiger partial charge in [0, 0.05) is 6.42 Å². The summed E-state index contributed by atoms with van der Waals surface area (Å²) in [5, 5.41) is 17.3. The SMILES string of the molecule is C/C=C(\C=C(\O)CC#N)CC.CC.CCC(=O)OC. The maximum Gasteiger partial charge on any atom is 0.305 e. The topological polar surface area (TPSA) is 70.3 Å². The Labute approximate surface area is 117 Å². The fourth-order valence-corrected chi connectivity index (χ4v) is 0.880. The maximum absolute atomic E-state index is 9.96. The van der Waals surface area contributed by atoms with Crippen LogP contribution < -0.4 is 0 Å². The molecule has 19 heavy (non-hydrogen) atoms. The molecule has 0 bridgehead atoms. The van der Waals surface area contributed by atoms with E-state index >= 15 is 0 Å². The number of methoxy groups -OCH3 is 1. The molecule has 0 aliphatic carbocycles. The van der Waals surface area contributed by atoms with Crippen LogP contribution in [0.4, 0.5) is 0 Å². The van der Waals surface area contributed by atoms with Crippen LogP contribution in [-0.2, 0) is 9.53 Å². The monoisotopic (exact) mass is 269 g/mol. The average molecular weight is 269 g/mol. The Kier molecular flexibility index (Phi) is 22.0. The van der Waals surface area contributed by atoms with Gasteiger partial charge in [0.05, 0.1) is 19.6 Å². The number of esters is 1.